The Hall–Kier alpha value is -2.98. The molecule has 174 valence electrons. The maximum absolute atomic E-state index is 12.9. The average molecular weight is 467 g/mol. The molecule has 2 aliphatic rings. The van der Waals surface area contributed by atoms with Gasteiger partial charge in [0.05, 0.1) is 48.8 Å². The van der Waals surface area contributed by atoms with E-state index in [0.717, 1.165) is 0 Å². The highest BCUT2D eigenvalue weighted by Crippen LogP contribution is 2.36. The first-order valence-electron chi connectivity index (χ1n) is 10.3. The predicted octanol–water partition coefficient (Wildman–Crippen LogP) is 1.29. The minimum absolute atomic E-state index is 0.0442. The molecule has 1 aromatic rings. The van der Waals surface area contributed by atoms with E-state index < -0.39 is 11.9 Å². The van der Waals surface area contributed by atoms with Crippen LogP contribution in [-0.2, 0) is 19.1 Å². The normalized spacial score (nSPS) is 16.5. The third kappa shape index (κ3) is 4.91. The first-order valence-corrected chi connectivity index (χ1v) is 10.7. The average Bonchev–Trinajstić information content (AvgIpc) is 3.09. The number of benzene rings is 1. The molecule has 0 spiro atoms. The van der Waals surface area contributed by atoms with Crippen molar-refractivity contribution < 1.29 is 29.0 Å². The number of nitrogens with zero attached hydrogens (tertiary/aromatic N) is 3. The van der Waals surface area contributed by atoms with E-state index in [4.69, 9.17) is 21.1 Å². The third-order valence-corrected chi connectivity index (χ3v) is 5.63. The number of piperazine rings is 1. The predicted molar refractivity (Wildman–Crippen MR) is 119 cm³/mol. The van der Waals surface area contributed by atoms with Crippen molar-refractivity contribution in [3.63, 3.8) is 0 Å². The molecule has 0 bridgehead atoms. The molecule has 32 heavy (non-hydrogen) atoms. The lowest BCUT2D eigenvalue weighted by atomic mass is 10.2. The summed E-state index contributed by atoms with van der Waals surface area (Å²) in [4.78, 5) is 42.1. The van der Waals surface area contributed by atoms with E-state index >= 15 is 0 Å². The van der Waals surface area contributed by atoms with Crippen molar-refractivity contribution in [1.29, 1.82) is 0 Å². The van der Waals surface area contributed by atoms with Gasteiger partial charge in [-0.1, -0.05) is 17.7 Å². The van der Waals surface area contributed by atoms with Crippen molar-refractivity contribution in [3.8, 4) is 0 Å². The molecule has 0 radical (unpaired) electrons. The number of methoxy groups -OCH3 is 1. The molecule has 1 fully saturated rings. The number of ether oxygens (including phenoxy) is 2. The van der Waals surface area contributed by atoms with Crippen molar-refractivity contribution in [2.24, 2.45) is 0 Å². The third-order valence-electron chi connectivity index (χ3n) is 5.32. The number of β-amino-alcohol motifs (C(OH)–C–C–N with tert-alkyl or cyclic N) is 1. The maximum atomic E-state index is 12.9. The quantitative estimate of drug-likeness (QED) is 0.578. The number of esters is 1. The van der Waals surface area contributed by atoms with Crippen molar-refractivity contribution in [2.75, 3.05) is 69.8 Å². The van der Waals surface area contributed by atoms with Gasteiger partial charge in [-0.05, 0) is 19.1 Å². The Bertz CT molecular complexity index is 914. The number of rotatable bonds is 7. The number of hydrogen-bond acceptors (Lipinski definition) is 8. The molecule has 3 rings (SSSR count). The second-order valence-corrected chi connectivity index (χ2v) is 7.64. The van der Waals surface area contributed by atoms with Crippen LogP contribution >= 0.6 is 11.6 Å². The van der Waals surface area contributed by atoms with Gasteiger partial charge in [-0.15, -0.1) is 0 Å². The van der Waals surface area contributed by atoms with E-state index in [-0.39, 0.29) is 37.1 Å². The molecule has 1 saturated heterocycles. The summed E-state index contributed by atoms with van der Waals surface area (Å²) in [6.07, 6.45) is -0.349. The molecule has 2 amide bonds. The Morgan fingerprint density at radius 3 is 2.56 bits per heavy atom. The minimum Gasteiger partial charge on any atom is -0.466 e. The Morgan fingerprint density at radius 1 is 1.22 bits per heavy atom. The van der Waals surface area contributed by atoms with Gasteiger partial charge in [-0.3, -0.25) is 4.79 Å². The maximum Gasteiger partial charge on any atom is 0.409 e. The molecule has 10 nitrogen and oxygen atoms in total. The highest BCUT2D eigenvalue weighted by atomic mass is 35.5. The molecule has 0 atom stereocenters. The molecule has 0 saturated carbocycles. The summed E-state index contributed by atoms with van der Waals surface area (Å²) in [5.74, 6) is -1.02. The lowest BCUT2D eigenvalue weighted by Crippen LogP contribution is -2.49. The van der Waals surface area contributed by atoms with Gasteiger partial charge in [0.2, 0.25) is 0 Å². The standard InChI is InChI=1S/C21H27ClN4O6/c1-3-32-21(30)25-9-7-24(8-10-25)18-15(22)5-4-6-16(18)23-17-14(20(29)31-2)13-26(11-12-27)19(17)28/h4-6,23,27H,3,7-13H2,1-2H3. The van der Waals surface area contributed by atoms with Crippen LogP contribution in [0.15, 0.2) is 29.5 Å². The van der Waals surface area contributed by atoms with Gasteiger partial charge in [0, 0.05) is 32.7 Å². The van der Waals surface area contributed by atoms with E-state index in [9.17, 15) is 19.5 Å². The van der Waals surface area contributed by atoms with E-state index in [1.54, 1.807) is 30.0 Å². The smallest absolute Gasteiger partial charge is 0.409 e. The van der Waals surface area contributed by atoms with Crippen molar-refractivity contribution in [2.45, 2.75) is 6.92 Å². The molecule has 0 unspecified atom stereocenters. The highest BCUT2D eigenvalue weighted by Gasteiger charge is 2.35. The van der Waals surface area contributed by atoms with Crippen molar-refractivity contribution >= 4 is 40.9 Å². The Labute approximate surface area is 191 Å². The van der Waals surface area contributed by atoms with Crippen LogP contribution in [0.5, 0.6) is 0 Å². The summed E-state index contributed by atoms with van der Waals surface area (Å²) in [7, 11) is 1.25. The fraction of sp³-hybridized carbons (Fsp3) is 0.476. The molecule has 1 aromatic carbocycles. The largest absolute Gasteiger partial charge is 0.466 e. The molecule has 0 aliphatic carbocycles. The molecule has 2 aliphatic heterocycles. The zero-order valence-electron chi connectivity index (χ0n) is 18.1. The van der Waals surface area contributed by atoms with Crippen LogP contribution in [0.2, 0.25) is 5.02 Å². The monoisotopic (exact) mass is 466 g/mol. The van der Waals surface area contributed by atoms with Crippen LogP contribution in [0.3, 0.4) is 0 Å². The molecule has 2 N–H and O–H groups in total. The number of carbonyl (C=O) groups is 3. The van der Waals surface area contributed by atoms with Crippen LogP contribution in [0.1, 0.15) is 6.92 Å². The van der Waals surface area contributed by atoms with Crippen LogP contribution in [-0.4, -0.2) is 92.5 Å². The highest BCUT2D eigenvalue weighted by molar-refractivity contribution is 6.34. The number of carbonyl (C=O) groups excluding carboxylic acids is 3. The summed E-state index contributed by atoms with van der Waals surface area (Å²) in [5.41, 5.74) is 1.50. The lowest BCUT2D eigenvalue weighted by molar-refractivity contribution is -0.136. The number of halogens is 1. The van der Waals surface area contributed by atoms with Crippen LogP contribution in [0.4, 0.5) is 16.2 Å². The number of aliphatic hydroxyl groups excluding tert-OH is 1. The number of para-hydroxylation sites is 1. The zero-order valence-corrected chi connectivity index (χ0v) is 18.9. The van der Waals surface area contributed by atoms with E-state index in [2.05, 4.69) is 5.32 Å². The Balaban J connectivity index is 1.85. The molecule has 2 heterocycles. The van der Waals surface area contributed by atoms with Gasteiger partial charge in [0.15, 0.2) is 0 Å². The molecule has 0 aromatic heterocycles. The number of aliphatic hydroxyl groups is 1. The SMILES string of the molecule is CCOC(=O)N1CCN(c2c(Cl)cccc2NC2=C(C(=O)OC)CN(CCO)C2=O)CC1. The van der Waals surface area contributed by atoms with Gasteiger partial charge < -0.3 is 34.6 Å². The second kappa shape index (κ2) is 10.6. The summed E-state index contributed by atoms with van der Waals surface area (Å²) >= 11 is 6.51. The van der Waals surface area contributed by atoms with Crippen molar-refractivity contribution in [1.82, 2.24) is 9.80 Å². The van der Waals surface area contributed by atoms with Gasteiger partial charge in [0.1, 0.15) is 5.70 Å². The van der Waals surface area contributed by atoms with Crippen LogP contribution < -0.4 is 10.2 Å². The van der Waals surface area contributed by atoms with Crippen molar-refractivity contribution in [3.05, 3.63) is 34.5 Å². The zero-order chi connectivity index (χ0) is 23.3. The number of nitrogens with one attached hydrogen (secondary N) is 1. The summed E-state index contributed by atoms with van der Waals surface area (Å²) < 4.78 is 9.90. The topological polar surface area (TPSA) is 112 Å². The number of amides is 2. The first kappa shape index (κ1) is 23.7. The lowest BCUT2D eigenvalue weighted by Gasteiger charge is -2.36. The van der Waals surface area contributed by atoms with Gasteiger partial charge in [-0.2, -0.15) is 0 Å². The Morgan fingerprint density at radius 2 is 1.94 bits per heavy atom. The van der Waals surface area contributed by atoms with Gasteiger partial charge >= 0.3 is 12.1 Å². The molecule has 11 heteroatoms. The van der Waals surface area contributed by atoms with E-state index in [1.807, 2.05) is 4.90 Å². The summed E-state index contributed by atoms with van der Waals surface area (Å²) in [6.45, 7) is 3.96. The minimum atomic E-state index is -0.618. The Kier molecular flexibility index (Phi) is 7.81. The fourth-order valence-corrected chi connectivity index (χ4v) is 4.04. The van der Waals surface area contributed by atoms with Crippen LogP contribution in [0.25, 0.3) is 0 Å². The van der Waals surface area contributed by atoms with Gasteiger partial charge in [-0.25, -0.2) is 9.59 Å². The number of anilines is 2. The molecular weight excluding hydrogens is 440 g/mol. The second-order valence-electron chi connectivity index (χ2n) is 7.23. The first-order chi connectivity index (χ1) is 15.4. The van der Waals surface area contributed by atoms with Gasteiger partial charge in [0.25, 0.3) is 5.91 Å². The van der Waals surface area contributed by atoms with E-state index in [1.165, 1.54) is 12.0 Å². The summed E-state index contributed by atoms with van der Waals surface area (Å²) in [5, 5.41) is 12.8. The fourth-order valence-electron chi connectivity index (χ4n) is 3.75. The molecular formula is C21H27ClN4O6. The van der Waals surface area contributed by atoms with E-state index in [0.29, 0.717) is 49.2 Å². The van der Waals surface area contributed by atoms with Crippen LogP contribution in [0, 0.1) is 0 Å². The summed E-state index contributed by atoms with van der Waals surface area (Å²) in [6, 6.07) is 5.25. The number of hydrogen-bond donors (Lipinski definition) is 2.